The first-order chi connectivity index (χ1) is 10.2. The minimum absolute atomic E-state index is 0.0514. The molecule has 1 unspecified atom stereocenters. The number of carboxylic acid groups (broad SMARTS) is 1. The molecule has 0 spiro atoms. The van der Waals surface area contributed by atoms with Crippen LogP contribution in [-0.4, -0.2) is 62.0 Å². The molecular weight excluding hydrogens is 274 g/mol. The number of methoxy groups -OCH3 is 1. The van der Waals surface area contributed by atoms with Gasteiger partial charge in [-0.05, 0) is 24.3 Å². The Balaban J connectivity index is 1.71. The number of benzene rings is 1. The maximum atomic E-state index is 10.7. The van der Waals surface area contributed by atoms with Gasteiger partial charge in [0.25, 0.3) is 0 Å². The third-order valence-electron chi connectivity index (χ3n) is 3.36. The average molecular weight is 295 g/mol. The van der Waals surface area contributed by atoms with Gasteiger partial charge in [-0.15, -0.1) is 0 Å². The summed E-state index contributed by atoms with van der Waals surface area (Å²) in [5.41, 5.74) is 0. The van der Waals surface area contributed by atoms with Gasteiger partial charge in [0.2, 0.25) is 0 Å². The summed E-state index contributed by atoms with van der Waals surface area (Å²) < 4.78 is 16.2. The number of ether oxygens (including phenoxy) is 3. The van der Waals surface area contributed by atoms with E-state index in [9.17, 15) is 4.79 Å². The van der Waals surface area contributed by atoms with Crippen LogP contribution in [0.25, 0.3) is 0 Å². The van der Waals surface area contributed by atoms with E-state index < -0.39 is 5.97 Å². The highest BCUT2D eigenvalue weighted by atomic mass is 16.5. The highest BCUT2D eigenvalue weighted by molar-refractivity contribution is 5.67. The van der Waals surface area contributed by atoms with Gasteiger partial charge in [0.15, 0.2) is 0 Å². The highest BCUT2D eigenvalue weighted by Gasteiger charge is 2.22. The Labute approximate surface area is 124 Å². The van der Waals surface area contributed by atoms with Gasteiger partial charge >= 0.3 is 5.97 Å². The van der Waals surface area contributed by atoms with Gasteiger partial charge in [-0.2, -0.15) is 0 Å². The molecule has 1 aliphatic rings. The van der Waals surface area contributed by atoms with E-state index in [1.54, 1.807) is 7.11 Å². The molecule has 0 aromatic heterocycles. The van der Waals surface area contributed by atoms with E-state index in [4.69, 9.17) is 19.3 Å². The van der Waals surface area contributed by atoms with Crippen LogP contribution in [0.2, 0.25) is 0 Å². The van der Waals surface area contributed by atoms with Crippen LogP contribution in [0, 0.1) is 0 Å². The summed E-state index contributed by atoms with van der Waals surface area (Å²) in [7, 11) is 1.63. The van der Waals surface area contributed by atoms with Crippen LogP contribution in [0.15, 0.2) is 24.3 Å². The van der Waals surface area contributed by atoms with Crippen molar-refractivity contribution in [1.29, 1.82) is 0 Å². The molecule has 1 fully saturated rings. The summed E-state index contributed by atoms with van der Waals surface area (Å²) in [6, 6.07) is 7.44. The summed E-state index contributed by atoms with van der Waals surface area (Å²) >= 11 is 0. The van der Waals surface area contributed by atoms with Crippen molar-refractivity contribution in [2.75, 3.05) is 40.0 Å². The van der Waals surface area contributed by atoms with E-state index in [0.29, 0.717) is 19.8 Å². The van der Waals surface area contributed by atoms with Crippen LogP contribution in [-0.2, 0) is 9.53 Å². The zero-order valence-electron chi connectivity index (χ0n) is 12.2. The largest absolute Gasteiger partial charge is 0.497 e. The lowest BCUT2D eigenvalue weighted by Gasteiger charge is -2.32. The lowest BCUT2D eigenvalue weighted by molar-refractivity contribution is -0.142. The van der Waals surface area contributed by atoms with Gasteiger partial charge in [0.05, 0.1) is 26.2 Å². The number of carbonyl (C=O) groups is 1. The van der Waals surface area contributed by atoms with Crippen LogP contribution in [0.1, 0.15) is 6.42 Å². The molecule has 1 saturated heterocycles. The normalized spacial score (nSPS) is 19.2. The molecule has 0 radical (unpaired) electrons. The Morgan fingerprint density at radius 2 is 2.10 bits per heavy atom. The Bertz CT molecular complexity index is 448. The number of nitrogens with zero attached hydrogens (tertiary/aromatic N) is 1. The number of carboxylic acids is 1. The molecule has 6 nitrogen and oxygen atoms in total. The number of aliphatic carboxylic acids is 1. The standard InChI is InChI=1S/C15H21NO5/c1-19-12-2-4-13(5-3-12)20-8-6-16-7-9-21-14(11-16)10-15(17)18/h2-5,14H,6-11H2,1H3,(H,17,18). The van der Waals surface area contributed by atoms with Crippen LogP contribution in [0.4, 0.5) is 0 Å². The van der Waals surface area contributed by atoms with Crippen molar-refractivity contribution >= 4 is 5.97 Å². The number of hydrogen-bond acceptors (Lipinski definition) is 5. The zero-order valence-corrected chi connectivity index (χ0v) is 12.2. The van der Waals surface area contributed by atoms with E-state index in [1.165, 1.54) is 0 Å². The second-order valence-corrected chi connectivity index (χ2v) is 4.92. The Kier molecular flexibility index (Phi) is 5.83. The van der Waals surface area contributed by atoms with Crippen molar-refractivity contribution in [3.63, 3.8) is 0 Å². The second-order valence-electron chi connectivity index (χ2n) is 4.92. The zero-order chi connectivity index (χ0) is 15.1. The maximum absolute atomic E-state index is 10.7. The molecule has 0 saturated carbocycles. The fourth-order valence-electron chi connectivity index (χ4n) is 2.27. The Hall–Kier alpha value is -1.79. The summed E-state index contributed by atoms with van der Waals surface area (Å²) in [4.78, 5) is 12.9. The summed E-state index contributed by atoms with van der Waals surface area (Å²) in [6.45, 7) is 3.33. The quantitative estimate of drug-likeness (QED) is 0.816. The second kappa shape index (κ2) is 7.85. The molecule has 2 rings (SSSR count). The van der Waals surface area contributed by atoms with E-state index in [2.05, 4.69) is 4.90 Å². The minimum atomic E-state index is -0.823. The van der Waals surface area contributed by atoms with Crippen molar-refractivity contribution in [3.05, 3.63) is 24.3 Å². The minimum Gasteiger partial charge on any atom is -0.497 e. The molecule has 1 atom stereocenters. The fraction of sp³-hybridized carbons (Fsp3) is 0.533. The predicted octanol–water partition coefficient (Wildman–Crippen LogP) is 1.25. The van der Waals surface area contributed by atoms with Gasteiger partial charge in [-0.1, -0.05) is 0 Å². The number of morpholine rings is 1. The van der Waals surface area contributed by atoms with Gasteiger partial charge in [-0.25, -0.2) is 0 Å². The van der Waals surface area contributed by atoms with E-state index in [-0.39, 0.29) is 12.5 Å². The molecule has 1 aliphatic heterocycles. The van der Waals surface area contributed by atoms with Crippen LogP contribution < -0.4 is 9.47 Å². The van der Waals surface area contributed by atoms with Crippen LogP contribution >= 0.6 is 0 Å². The number of rotatable bonds is 7. The first kappa shape index (κ1) is 15.6. The van der Waals surface area contributed by atoms with Crippen molar-refractivity contribution < 1.29 is 24.1 Å². The molecule has 6 heteroatoms. The summed E-state index contributed by atoms with van der Waals surface area (Å²) in [5.74, 6) is 0.773. The van der Waals surface area contributed by atoms with Crippen molar-refractivity contribution in [2.24, 2.45) is 0 Å². The summed E-state index contributed by atoms with van der Waals surface area (Å²) in [6.07, 6.45) is -0.173. The molecule has 1 N–H and O–H groups in total. The molecule has 21 heavy (non-hydrogen) atoms. The van der Waals surface area contributed by atoms with E-state index in [0.717, 1.165) is 24.6 Å². The van der Waals surface area contributed by atoms with E-state index >= 15 is 0 Å². The van der Waals surface area contributed by atoms with Gasteiger partial charge in [0.1, 0.15) is 18.1 Å². The van der Waals surface area contributed by atoms with Crippen LogP contribution in [0.5, 0.6) is 11.5 Å². The molecular formula is C15H21NO5. The fourth-order valence-corrected chi connectivity index (χ4v) is 2.27. The third kappa shape index (κ3) is 5.24. The smallest absolute Gasteiger partial charge is 0.306 e. The summed E-state index contributed by atoms with van der Waals surface area (Å²) in [5, 5.41) is 8.79. The first-order valence-electron chi connectivity index (χ1n) is 7.00. The van der Waals surface area contributed by atoms with Crippen LogP contribution in [0.3, 0.4) is 0 Å². The monoisotopic (exact) mass is 295 g/mol. The maximum Gasteiger partial charge on any atom is 0.306 e. The molecule has 0 bridgehead atoms. The Morgan fingerprint density at radius 1 is 1.38 bits per heavy atom. The van der Waals surface area contributed by atoms with E-state index in [1.807, 2.05) is 24.3 Å². The molecule has 1 aromatic carbocycles. The lowest BCUT2D eigenvalue weighted by atomic mass is 10.2. The molecule has 116 valence electrons. The predicted molar refractivity (Wildman–Crippen MR) is 76.9 cm³/mol. The molecule has 0 amide bonds. The Morgan fingerprint density at radius 3 is 2.76 bits per heavy atom. The first-order valence-corrected chi connectivity index (χ1v) is 7.00. The van der Waals surface area contributed by atoms with Crippen molar-refractivity contribution in [2.45, 2.75) is 12.5 Å². The average Bonchev–Trinajstić information content (AvgIpc) is 2.48. The van der Waals surface area contributed by atoms with Gasteiger partial charge < -0.3 is 19.3 Å². The van der Waals surface area contributed by atoms with Gasteiger partial charge in [-0.3, -0.25) is 9.69 Å². The molecule has 1 aromatic rings. The number of hydrogen-bond donors (Lipinski definition) is 1. The molecule has 0 aliphatic carbocycles. The lowest BCUT2D eigenvalue weighted by Crippen LogP contribution is -2.44. The van der Waals surface area contributed by atoms with Crippen molar-refractivity contribution in [1.82, 2.24) is 4.90 Å². The SMILES string of the molecule is COc1ccc(OCCN2CCOC(CC(=O)O)C2)cc1. The third-order valence-corrected chi connectivity index (χ3v) is 3.36. The topological polar surface area (TPSA) is 68.2 Å². The van der Waals surface area contributed by atoms with Crippen molar-refractivity contribution in [3.8, 4) is 11.5 Å². The highest BCUT2D eigenvalue weighted by Crippen LogP contribution is 2.17. The van der Waals surface area contributed by atoms with Gasteiger partial charge in [0, 0.05) is 19.6 Å². The molecule has 1 heterocycles.